The van der Waals surface area contributed by atoms with Gasteiger partial charge in [-0.15, -0.1) is 0 Å². The molecule has 1 aromatic heterocycles. The zero-order chi connectivity index (χ0) is 20.7. The third-order valence-corrected chi connectivity index (χ3v) is 4.63. The summed E-state index contributed by atoms with van der Waals surface area (Å²) in [7, 11) is 0. The highest BCUT2D eigenvalue weighted by molar-refractivity contribution is 8.00. The van der Waals surface area contributed by atoms with Crippen LogP contribution < -0.4 is 10.1 Å². The highest BCUT2D eigenvalue weighted by Crippen LogP contribution is 2.30. The number of ether oxygens (including phenoxy) is 1. The summed E-state index contributed by atoms with van der Waals surface area (Å²) in [6, 6.07) is 13.9. The van der Waals surface area contributed by atoms with Crippen molar-refractivity contribution in [2.24, 2.45) is 0 Å². The lowest BCUT2D eigenvalue weighted by atomic mass is 10.1. The molecule has 5 nitrogen and oxygen atoms in total. The van der Waals surface area contributed by atoms with Gasteiger partial charge in [-0.2, -0.15) is 13.2 Å². The van der Waals surface area contributed by atoms with Crippen LogP contribution in [0.1, 0.15) is 11.1 Å². The van der Waals surface area contributed by atoms with E-state index in [0.29, 0.717) is 16.3 Å². The number of nitrogens with one attached hydrogen (secondary N) is 1. The number of aromatic nitrogens is 2. The van der Waals surface area contributed by atoms with Crippen LogP contribution in [-0.4, -0.2) is 21.6 Å². The largest absolute Gasteiger partial charge is 0.437 e. The number of halogens is 3. The number of nitrogens with zero attached hydrogens (tertiary/aromatic N) is 2. The van der Waals surface area contributed by atoms with Gasteiger partial charge in [0, 0.05) is 18.9 Å². The molecule has 3 aromatic rings. The van der Waals surface area contributed by atoms with Gasteiger partial charge in [0.2, 0.25) is 5.91 Å². The van der Waals surface area contributed by atoms with E-state index < -0.39 is 11.7 Å². The molecule has 29 heavy (non-hydrogen) atoms. The number of rotatable bonds is 7. The molecule has 0 aliphatic heterocycles. The molecule has 0 fully saturated rings. The molecule has 0 aliphatic rings. The maximum absolute atomic E-state index is 12.8. The van der Waals surface area contributed by atoms with Crippen molar-refractivity contribution in [3.8, 4) is 11.6 Å². The molecule has 0 spiro atoms. The van der Waals surface area contributed by atoms with Gasteiger partial charge < -0.3 is 10.1 Å². The van der Waals surface area contributed by atoms with E-state index in [4.69, 9.17) is 4.74 Å². The van der Waals surface area contributed by atoms with E-state index in [1.165, 1.54) is 24.5 Å². The van der Waals surface area contributed by atoms with Gasteiger partial charge in [0.15, 0.2) is 5.03 Å². The van der Waals surface area contributed by atoms with Crippen molar-refractivity contribution < 1.29 is 22.7 Å². The molecule has 0 aliphatic carbocycles. The average molecular weight is 419 g/mol. The predicted octanol–water partition coefficient (Wildman–Crippen LogP) is 4.70. The zero-order valence-corrected chi connectivity index (χ0v) is 15.8. The highest BCUT2D eigenvalue weighted by Gasteiger charge is 2.30. The fraction of sp³-hybridized carbons (Fsp3) is 0.150. The van der Waals surface area contributed by atoms with E-state index in [-0.39, 0.29) is 24.1 Å². The zero-order valence-electron chi connectivity index (χ0n) is 15.0. The van der Waals surface area contributed by atoms with E-state index in [9.17, 15) is 18.0 Å². The fourth-order valence-corrected chi connectivity index (χ4v) is 3.05. The third kappa shape index (κ3) is 6.21. The number of benzene rings is 2. The molecule has 0 unspecified atom stereocenters. The SMILES string of the molecule is O=C(CSc1nccnc1Oc1ccccc1)NCc1cccc(C(F)(F)F)c1. The molecule has 2 aromatic carbocycles. The molecule has 1 heterocycles. The molecule has 0 saturated carbocycles. The smallest absolute Gasteiger partial charge is 0.416 e. The Labute approximate surface area is 169 Å². The first kappa shape index (κ1) is 20.7. The van der Waals surface area contributed by atoms with E-state index in [2.05, 4.69) is 15.3 Å². The minimum absolute atomic E-state index is 0.00282. The van der Waals surface area contributed by atoms with Gasteiger partial charge >= 0.3 is 6.18 Å². The lowest BCUT2D eigenvalue weighted by molar-refractivity contribution is -0.137. The Morgan fingerprint density at radius 3 is 2.55 bits per heavy atom. The molecule has 1 N–H and O–H groups in total. The molecule has 0 atom stereocenters. The van der Waals surface area contributed by atoms with Crippen LogP contribution in [0.15, 0.2) is 72.0 Å². The van der Waals surface area contributed by atoms with Crippen LogP contribution in [0.4, 0.5) is 13.2 Å². The van der Waals surface area contributed by atoms with E-state index in [1.54, 1.807) is 12.1 Å². The van der Waals surface area contributed by atoms with Gasteiger partial charge in [-0.05, 0) is 29.8 Å². The number of hydrogen-bond acceptors (Lipinski definition) is 5. The minimum atomic E-state index is -4.42. The van der Waals surface area contributed by atoms with E-state index in [1.807, 2.05) is 18.2 Å². The second kappa shape index (κ2) is 9.42. The molecule has 3 rings (SSSR count). The number of hydrogen-bond donors (Lipinski definition) is 1. The summed E-state index contributed by atoms with van der Waals surface area (Å²) in [5, 5.41) is 3.04. The maximum atomic E-state index is 12.8. The molecule has 9 heteroatoms. The Balaban J connectivity index is 1.55. The lowest BCUT2D eigenvalue weighted by Crippen LogP contribution is -2.24. The maximum Gasteiger partial charge on any atom is 0.416 e. The molecule has 0 radical (unpaired) electrons. The van der Waals surface area contributed by atoms with Gasteiger partial charge in [0.1, 0.15) is 5.75 Å². The van der Waals surface area contributed by atoms with Crippen LogP contribution in [-0.2, 0) is 17.5 Å². The van der Waals surface area contributed by atoms with Gasteiger partial charge in [-0.3, -0.25) is 4.79 Å². The first-order valence-corrected chi connectivity index (χ1v) is 9.50. The van der Waals surface area contributed by atoms with Crippen molar-refractivity contribution in [2.45, 2.75) is 17.7 Å². The number of carbonyl (C=O) groups excluding carboxylic acids is 1. The summed E-state index contributed by atoms with van der Waals surface area (Å²) < 4.78 is 43.9. The summed E-state index contributed by atoms with van der Waals surface area (Å²) in [5.41, 5.74) is -0.383. The summed E-state index contributed by atoms with van der Waals surface area (Å²) in [4.78, 5) is 20.4. The molecule has 150 valence electrons. The Hall–Kier alpha value is -3.07. The molecular weight excluding hydrogens is 403 g/mol. The van der Waals surface area contributed by atoms with Crippen molar-refractivity contribution >= 4 is 17.7 Å². The third-order valence-electron chi connectivity index (χ3n) is 3.67. The monoisotopic (exact) mass is 419 g/mol. The van der Waals surface area contributed by atoms with Crippen LogP contribution in [0.5, 0.6) is 11.6 Å². The van der Waals surface area contributed by atoms with Gasteiger partial charge in [-0.25, -0.2) is 9.97 Å². The Morgan fingerprint density at radius 1 is 1.03 bits per heavy atom. The predicted molar refractivity (Wildman–Crippen MR) is 103 cm³/mol. The summed E-state index contributed by atoms with van der Waals surface area (Å²) in [6.45, 7) is -0.00282. The number of carbonyl (C=O) groups is 1. The van der Waals surface area contributed by atoms with Gasteiger partial charge in [0.25, 0.3) is 5.88 Å². The normalized spacial score (nSPS) is 11.1. The second-order valence-corrected chi connectivity index (χ2v) is 6.81. The van der Waals surface area contributed by atoms with Crippen molar-refractivity contribution in [2.75, 3.05) is 5.75 Å². The molecule has 1 amide bonds. The molecular formula is C20H16F3N3O2S. The van der Waals surface area contributed by atoms with Crippen LogP contribution in [0.25, 0.3) is 0 Å². The summed E-state index contributed by atoms with van der Waals surface area (Å²) in [5.74, 6) is 0.532. The van der Waals surface area contributed by atoms with Crippen molar-refractivity contribution in [1.82, 2.24) is 15.3 Å². The molecule has 0 saturated heterocycles. The van der Waals surface area contributed by atoms with Gasteiger partial charge in [-0.1, -0.05) is 42.1 Å². The van der Waals surface area contributed by atoms with E-state index in [0.717, 1.165) is 23.9 Å². The van der Waals surface area contributed by atoms with Crippen molar-refractivity contribution in [3.63, 3.8) is 0 Å². The lowest BCUT2D eigenvalue weighted by Gasteiger charge is -2.10. The number of alkyl halides is 3. The number of amides is 1. The fourth-order valence-electron chi connectivity index (χ4n) is 2.32. The van der Waals surface area contributed by atoms with Gasteiger partial charge in [0.05, 0.1) is 11.3 Å². The number of para-hydroxylation sites is 1. The summed E-state index contributed by atoms with van der Waals surface area (Å²) >= 11 is 1.13. The minimum Gasteiger partial charge on any atom is -0.437 e. The first-order chi connectivity index (χ1) is 13.9. The highest BCUT2D eigenvalue weighted by atomic mass is 32.2. The standard InChI is InChI=1S/C20H16F3N3O2S/c21-20(22,23)15-6-4-5-14(11-15)12-26-17(27)13-29-19-18(24-9-10-25-19)28-16-7-2-1-3-8-16/h1-11H,12-13H2,(H,26,27). The quantitative estimate of drug-likeness (QED) is 0.563. The Kier molecular flexibility index (Phi) is 6.71. The van der Waals surface area contributed by atoms with Crippen molar-refractivity contribution in [1.29, 1.82) is 0 Å². The van der Waals surface area contributed by atoms with E-state index >= 15 is 0 Å². The van der Waals surface area contributed by atoms with Crippen LogP contribution in [0.3, 0.4) is 0 Å². The van der Waals surface area contributed by atoms with Crippen LogP contribution >= 0.6 is 11.8 Å². The average Bonchev–Trinajstić information content (AvgIpc) is 2.72. The first-order valence-electron chi connectivity index (χ1n) is 8.51. The van der Waals surface area contributed by atoms with Crippen LogP contribution in [0, 0.1) is 0 Å². The Bertz CT molecular complexity index is 968. The topological polar surface area (TPSA) is 64.1 Å². The summed E-state index contributed by atoms with van der Waals surface area (Å²) in [6.07, 6.45) is -1.45. The van der Waals surface area contributed by atoms with Crippen molar-refractivity contribution in [3.05, 3.63) is 78.1 Å². The van der Waals surface area contributed by atoms with Crippen LogP contribution in [0.2, 0.25) is 0 Å². The number of thioether (sulfide) groups is 1. The second-order valence-electron chi connectivity index (χ2n) is 5.85. The molecule has 0 bridgehead atoms. The Morgan fingerprint density at radius 2 is 1.79 bits per heavy atom.